The number of nitriles is 1. The van der Waals surface area contributed by atoms with E-state index in [0.717, 1.165) is 6.07 Å². The highest BCUT2D eigenvalue weighted by Gasteiger charge is 2.14. The van der Waals surface area contributed by atoms with Gasteiger partial charge in [-0.05, 0) is 0 Å². The minimum absolute atomic E-state index is 0.771. The Bertz CT molecular complexity index is 75.8. The van der Waals surface area contributed by atoms with Gasteiger partial charge >= 0.3 is 5.97 Å². The van der Waals surface area contributed by atoms with Crippen LogP contribution in [0.5, 0.6) is 0 Å². The molecule has 0 spiro atoms. The quantitative estimate of drug-likeness (QED) is 0.240. The molecule has 34 valence electrons. The summed E-state index contributed by atoms with van der Waals surface area (Å²) in [5.74, 6) is -3.15. The van der Waals surface area contributed by atoms with Gasteiger partial charge in [-0.25, -0.2) is 0 Å². The van der Waals surface area contributed by atoms with Gasteiger partial charge < -0.3 is 15.3 Å². The molecule has 0 amide bonds. The molecule has 0 saturated heterocycles. The van der Waals surface area contributed by atoms with Crippen molar-refractivity contribution < 1.29 is 15.3 Å². The van der Waals surface area contributed by atoms with Crippen LogP contribution < -0.4 is 0 Å². The number of hydrogen-bond donors (Lipinski definition) is 3. The van der Waals surface area contributed by atoms with E-state index in [1.165, 1.54) is 0 Å². The Morgan fingerprint density at radius 2 is 1.50 bits per heavy atom. The zero-order valence-electron chi connectivity index (χ0n) is 2.79. The molecule has 0 unspecified atom stereocenters. The molecular weight excluding hydrogens is 86.0 g/mol. The average molecular weight is 89.0 g/mol. The molecule has 0 aromatic rings. The van der Waals surface area contributed by atoms with E-state index in [2.05, 4.69) is 0 Å². The van der Waals surface area contributed by atoms with Crippen molar-refractivity contribution in [3.8, 4) is 6.07 Å². The summed E-state index contributed by atoms with van der Waals surface area (Å²) in [5.41, 5.74) is 0. The van der Waals surface area contributed by atoms with Crippen LogP contribution in [0.25, 0.3) is 0 Å². The van der Waals surface area contributed by atoms with Crippen molar-refractivity contribution in [1.29, 1.82) is 5.26 Å². The van der Waals surface area contributed by atoms with Gasteiger partial charge in [0.1, 0.15) is 0 Å². The highest BCUT2D eigenvalue weighted by Crippen LogP contribution is 1.83. The smallest absolute Gasteiger partial charge is 0.331 e. The minimum Gasteiger partial charge on any atom is -0.331 e. The van der Waals surface area contributed by atoms with Gasteiger partial charge in [-0.1, -0.05) is 0 Å². The van der Waals surface area contributed by atoms with E-state index in [0.29, 0.717) is 0 Å². The summed E-state index contributed by atoms with van der Waals surface area (Å²) in [6.45, 7) is 0. The lowest BCUT2D eigenvalue weighted by molar-refractivity contribution is -0.266. The Balaban J connectivity index is 3.55. The van der Waals surface area contributed by atoms with Crippen molar-refractivity contribution >= 4 is 0 Å². The van der Waals surface area contributed by atoms with Crippen LogP contribution in [0.2, 0.25) is 0 Å². The van der Waals surface area contributed by atoms with Gasteiger partial charge in [0.05, 0.1) is 0 Å². The van der Waals surface area contributed by atoms with Gasteiger partial charge in [0, 0.05) is 0 Å². The molecule has 0 aliphatic heterocycles. The summed E-state index contributed by atoms with van der Waals surface area (Å²) in [7, 11) is 0. The highest BCUT2D eigenvalue weighted by atomic mass is 16.7. The van der Waals surface area contributed by atoms with Crippen LogP contribution in [0.15, 0.2) is 0 Å². The van der Waals surface area contributed by atoms with Crippen molar-refractivity contribution in [2.24, 2.45) is 0 Å². The van der Waals surface area contributed by atoms with E-state index in [1.54, 1.807) is 0 Å². The molecule has 0 aromatic heterocycles. The third kappa shape index (κ3) is 3.37. The molecular formula is C2H3NO3. The largest absolute Gasteiger partial charge is 0.371 e. The van der Waals surface area contributed by atoms with E-state index in [4.69, 9.17) is 20.6 Å². The lowest BCUT2D eigenvalue weighted by atomic mass is 10.7. The summed E-state index contributed by atoms with van der Waals surface area (Å²) in [5, 5.41) is 30.1. The second kappa shape index (κ2) is 1.22. The van der Waals surface area contributed by atoms with Crippen LogP contribution in [-0.2, 0) is 0 Å². The zero-order chi connectivity index (χ0) is 5.21. The Morgan fingerprint density at radius 3 is 1.50 bits per heavy atom. The van der Waals surface area contributed by atoms with Crippen LogP contribution in [0.4, 0.5) is 0 Å². The maximum absolute atomic E-state index is 7.58. The van der Waals surface area contributed by atoms with Crippen molar-refractivity contribution in [1.82, 2.24) is 0 Å². The predicted octanol–water partition coefficient (Wildman–Crippen LogP) is -1.86. The lowest BCUT2D eigenvalue weighted by Gasteiger charge is -1.97. The molecule has 0 rings (SSSR count). The molecule has 0 radical (unpaired) electrons. The fraction of sp³-hybridized carbons (Fsp3) is 0.500. The Morgan fingerprint density at radius 1 is 1.33 bits per heavy atom. The Labute approximate surface area is 33.9 Å². The van der Waals surface area contributed by atoms with E-state index in [1.807, 2.05) is 0 Å². The first-order valence-electron chi connectivity index (χ1n) is 1.14. The summed E-state index contributed by atoms with van der Waals surface area (Å²) >= 11 is 0. The minimum atomic E-state index is -3.15. The van der Waals surface area contributed by atoms with E-state index in [9.17, 15) is 0 Å². The topological polar surface area (TPSA) is 84.5 Å². The lowest BCUT2D eigenvalue weighted by Crippen LogP contribution is -2.23. The van der Waals surface area contributed by atoms with Gasteiger partial charge in [0.15, 0.2) is 6.07 Å². The maximum Gasteiger partial charge on any atom is 0.371 e. The van der Waals surface area contributed by atoms with Crippen LogP contribution in [0, 0.1) is 11.3 Å². The molecule has 0 heterocycles. The first-order valence-corrected chi connectivity index (χ1v) is 1.14. The molecule has 3 N–H and O–H groups in total. The molecule has 0 atom stereocenters. The van der Waals surface area contributed by atoms with Crippen molar-refractivity contribution in [2.45, 2.75) is 5.97 Å². The first kappa shape index (κ1) is 5.37. The van der Waals surface area contributed by atoms with Crippen molar-refractivity contribution in [3.63, 3.8) is 0 Å². The van der Waals surface area contributed by atoms with Gasteiger partial charge in [-0.15, -0.1) is 0 Å². The zero-order valence-corrected chi connectivity index (χ0v) is 2.79. The summed E-state index contributed by atoms with van der Waals surface area (Å²) < 4.78 is 0. The summed E-state index contributed by atoms with van der Waals surface area (Å²) in [4.78, 5) is 0. The number of hydrogen-bond acceptors (Lipinski definition) is 4. The standard InChI is InChI=1S/C2H3NO3/c3-1-2(4,5)6/h4-6H. The molecule has 4 heteroatoms. The number of nitrogens with zero attached hydrogens (tertiary/aromatic N) is 1. The maximum atomic E-state index is 7.58. The molecule has 0 aliphatic rings. The molecule has 6 heavy (non-hydrogen) atoms. The molecule has 0 aliphatic carbocycles. The monoisotopic (exact) mass is 89.0 g/mol. The molecule has 0 aromatic carbocycles. The van der Waals surface area contributed by atoms with Crippen LogP contribution >= 0.6 is 0 Å². The second-order valence-electron chi connectivity index (χ2n) is 0.747. The van der Waals surface area contributed by atoms with Crippen molar-refractivity contribution in [3.05, 3.63) is 0 Å². The predicted molar refractivity (Wildman–Crippen MR) is 15.0 cm³/mol. The molecule has 0 fully saturated rings. The van der Waals surface area contributed by atoms with Gasteiger partial charge in [-0.2, -0.15) is 5.26 Å². The van der Waals surface area contributed by atoms with E-state index < -0.39 is 5.97 Å². The first-order chi connectivity index (χ1) is 2.56. The third-order valence-electron chi connectivity index (χ3n) is 0.150. The van der Waals surface area contributed by atoms with Crippen LogP contribution in [0.1, 0.15) is 0 Å². The molecule has 0 saturated carbocycles. The van der Waals surface area contributed by atoms with Gasteiger partial charge in [-0.3, -0.25) is 0 Å². The Kier molecular flexibility index (Phi) is 1.09. The van der Waals surface area contributed by atoms with Gasteiger partial charge in [0.25, 0.3) is 0 Å². The van der Waals surface area contributed by atoms with Crippen LogP contribution in [0.3, 0.4) is 0 Å². The van der Waals surface area contributed by atoms with Crippen LogP contribution in [-0.4, -0.2) is 21.3 Å². The Hall–Kier alpha value is -0.630. The summed E-state index contributed by atoms with van der Waals surface area (Å²) in [6, 6.07) is 0.771. The fourth-order valence-corrected chi connectivity index (χ4v) is 0. The number of rotatable bonds is 0. The SMILES string of the molecule is N#CC(O)(O)O. The van der Waals surface area contributed by atoms with E-state index >= 15 is 0 Å². The molecule has 0 bridgehead atoms. The summed E-state index contributed by atoms with van der Waals surface area (Å²) in [6.07, 6.45) is 0. The average Bonchev–Trinajstić information content (AvgIpc) is 1.35. The third-order valence-corrected chi connectivity index (χ3v) is 0.150. The van der Waals surface area contributed by atoms with E-state index in [-0.39, 0.29) is 0 Å². The highest BCUT2D eigenvalue weighted by molar-refractivity contribution is 4.78. The second-order valence-corrected chi connectivity index (χ2v) is 0.747. The number of aliphatic hydroxyl groups is 3. The van der Waals surface area contributed by atoms with Crippen molar-refractivity contribution in [2.75, 3.05) is 0 Å². The molecule has 4 nitrogen and oxygen atoms in total. The fourth-order valence-electron chi connectivity index (χ4n) is 0. The normalized spacial score (nSPS) is 10.3. The van der Waals surface area contributed by atoms with Gasteiger partial charge in [0.2, 0.25) is 0 Å².